The summed E-state index contributed by atoms with van der Waals surface area (Å²) in [5, 5.41) is 16.6. The molecule has 0 spiro atoms. The second kappa shape index (κ2) is 10.3. The number of hydrogen-bond acceptors (Lipinski definition) is 4. The summed E-state index contributed by atoms with van der Waals surface area (Å²) < 4.78 is 10.6. The number of guanidine groups is 1. The molecule has 1 unspecified atom stereocenters. The molecule has 1 atom stereocenters. The van der Waals surface area contributed by atoms with E-state index in [-0.39, 0.29) is 0 Å². The van der Waals surface area contributed by atoms with Gasteiger partial charge >= 0.3 is 0 Å². The van der Waals surface area contributed by atoms with Gasteiger partial charge in [-0.25, -0.2) is 0 Å². The van der Waals surface area contributed by atoms with Gasteiger partial charge in [-0.1, -0.05) is 30.3 Å². The van der Waals surface area contributed by atoms with Crippen molar-refractivity contribution in [2.45, 2.75) is 19.4 Å². The zero-order valence-corrected chi connectivity index (χ0v) is 15.5. The van der Waals surface area contributed by atoms with E-state index in [1.807, 2.05) is 55.5 Å². The van der Waals surface area contributed by atoms with E-state index in [0.717, 1.165) is 11.3 Å². The van der Waals surface area contributed by atoms with E-state index < -0.39 is 6.10 Å². The van der Waals surface area contributed by atoms with Crippen molar-refractivity contribution in [1.82, 2.24) is 5.32 Å². The van der Waals surface area contributed by atoms with Gasteiger partial charge in [0.05, 0.1) is 26.9 Å². The van der Waals surface area contributed by atoms with Gasteiger partial charge < -0.3 is 25.2 Å². The minimum Gasteiger partial charge on any atom is -0.493 e. The van der Waals surface area contributed by atoms with Gasteiger partial charge in [-0.15, -0.1) is 0 Å². The molecule has 0 amide bonds. The highest BCUT2D eigenvalue weighted by atomic mass is 16.5. The van der Waals surface area contributed by atoms with E-state index in [1.165, 1.54) is 0 Å². The Kier molecular flexibility index (Phi) is 7.76. The van der Waals surface area contributed by atoms with Crippen molar-refractivity contribution in [2.75, 3.05) is 32.6 Å². The third kappa shape index (κ3) is 5.97. The molecule has 26 heavy (non-hydrogen) atoms. The van der Waals surface area contributed by atoms with E-state index >= 15 is 0 Å². The summed E-state index contributed by atoms with van der Waals surface area (Å²) in [5.74, 6) is 1.91. The number of anilines is 1. The zero-order valence-electron chi connectivity index (χ0n) is 15.5. The normalized spacial score (nSPS) is 12.4. The highest BCUT2D eigenvalue weighted by molar-refractivity contribution is 5.93. The van der Waals surface area contributed by atoms with Gasteiger partial charge in [0.1, 0.15) is 0 Å². The number of aliphatic hydroxyl groups excluding tert-OH is 1. The van der Waals surface area contributed by atoms with Crippen molar-refractivity contribution in [3.8, 4) is 11.5 Å². The minimum absolute atomic E-state index is 0.303. The fourth-order valence-corrected chi connectivity index (χ4v) is 2.51. The first-order valence-electron chi connectivity index (χ1n) is 8.65. The van der Waals surface area contributed by atoms with Crippen molar-refractivity contribution in [3.05, 3.63) is 54.1 Å². The molecular weight excluding hydrogens is 330 g/mol. The molecule has 0 aliphatic carbocycles. The van der Waals surface area contributed by atoms with Crippen molar-refractivity contribution < 1.29 is 14.6 Å². The van der Waals surface area contributed by atoms with Crippen LogP contribution in [0.2, 0.25) is 0 Å². The second-order valence-electron chi connectivity index (χ2n) is 5.76. The Morgan fingerprint density at radius 3 is 2.46 bits per heavy atom. The number of methoxy groups -OCH3 is 2. The Balaban J connectivity index is 2.02. The number of rotatable bonds is 8. The summed E-state index contributed by atoms with van der Waals surface area (Å²) in [4.78, 5) is 4.48. The average Bonchev–Trinajstić information content (AvgIpc) is 2.67. The van der Waals surface area contributed by atoms with Gasteiger partial charge in [-0.2, -0.15) is 0 Å². The molecule has 6 heteroatoms. The highest BCUT2D eigenvalue weighted by Gasteiger charge is 2.08. The molecule has 0 radical (unpaired) electrons. The van der Waals surface area contributed by atoms with Gasteiger partial charge in [0, 0.05) is 24.7 Å². The number of nitrogens with one attached hydrogen (secondary N) is 2. The van der Waals surface area contributed by atoms with Gasteiger partial charge in [0.2, 0.25) is 0 Å². The molecule has 140 valence electrons. The molecule has 0 aliphatic rings. The smallest absolute Gasteiger partial charge is 0.195 e. The Labute approximate surface area is 154 Å². The molecule has 0 bridgehead atoms. The molecule has 0 aromatic heterocycles. The van der Waals surface area contributed by atoms with Crippen LogP contribution in [0.4, 0.5) is 5.69 Å². The molecule has 2 rings (SSSR count). The summed E-state index contributed by atoms with van der Waals surface area (Å²) >= 11 is 0. The van der Waals surface area contributed by atoms with Crippen LogP contribution in [0.1, 0.15) is 12.5 Å². The first-order valence-corrected chi connectivity index (χ1v) is 8.65. The van der Waals surface area contributed by atoms with Crippen LogP contribution in [0.15, 0.2) is 53.5 Å². The van der Waals surface area contributed by atoms with Gasteiger partial charge in [0.15, 0.2) is 17.5 Å². The maximum absolute atomic E-state index is 10.2. The van der Waals surface area contributed by atoms with Crippen LogP contribution in [0, 0.1) is 0 Å². The van der Waals surface area contributed by atoms with Crippen LogP contribution in [-0.2, 0) is 6.42 Å². The predicted octanol–water partition coefficient (Wildman–Crippen LogP) is 2.68. The van der Waals surface area contributed by atoms with Crippen LogP contribution in [0.25, 0.3) is 0 Å². The van der Waals surface area contributed by atoms with E-state index in [2.05, 4.69) is 15.6 Å². The van der Waals surface area contributed by atoms with Crippen LogP contribution in [0.3, 0.4) is 0 Å². The van der Waals surface area contributed by atoms with E-state index in [4.69, 9.17) is 9.47 Å². The number of benzene rings is 2. The minimum atomic E-state index is -0.543. The number of hydrogen-bond donors (Lipinski definition) is 3. The largest absolute Gasteiger partial charge is 0.493 e. The van der Waals surface area contributed by atoms with Crippen LogP contribution in [-0.4, -0.2) is 44.5 Å². The lowest BCUT2D eigenvalue weighted by atomic mass is 10.1. The fraction of sp³-hybridized carbons (Fsp3) is 0.350. The number of nitrogens with zero attached hydrogens (tertiary/aromatic N) is 1. The first-order chi connectivity index (χ1) is 12.7. The lowest BCUT2D eigenvalue weighted by Crippen LogP contribution is -2.32. The second-order valence-corrected chi connectivity index (χ2v) is 5.76. The lowest BCUT2D eigenvalue weighted by molar-refractivity contribution is 0.184. The first kappa shape index (κ1) is 19.6. The summed E-state index contributed by atoms with van der Waals surface area (Å²) in [6.07, 6.45) is 0.0263. The summed E-state index contributed by atoms with van der Waals surface area (Å²) in [7, 11) is 3.20. The van der Waals surface area contributed by atoms with Crippen LogP contribution in [0.5, 0.6) is 11.5 Å². The number of aliphatic imine (C=N–C) groups is 1. The molecule has 0 saturated carbocycles. The van der Waals surface area contributed by atoms with E-state index in [9.17, 15) is 5.11 Å². The van der Waals surface area contributed by atoms with Crippen molar-refractivity contribution in [1.29, 1.82) is 0 Å². The summed E-state index contributed by atoms with van der Waals surface area (Å²) in [6.45, 7) is 3.01. The third-order valence-electron chi connectivity index (χ3n) is 3.76. The SMILES string of the molecule is CCNC(=NCC(O)Cc1ccccc1)Nc1ccc(OC)c(OC)c1. The van der Waals surface area contributed by atoms with Crippen molar-refractivity contribution in [3.63, 3.8) is 0 Å². The maximum Gasteiger partial charge on any atom is 0.195 e. The van der Waals surface area contributed by atoms with E-state index in [1.54, 1.807) is 14.2 Å². The van der Waals surface area contributed by atoms with Gasteiger partial charge in [-0.05, 0) is 24.6 Å². The molecule has 2 aromatic rings. The molecule has 2 aromatic carbocycles. The zero-order chi connectivity index (χ0) is 18.8. The standard InChI is InChI=1S/C20H27N3O3/c1-4-21-20(22-14-17(24)12-15-8-6-5-7-9-15)23-16-10-11-18(25-2)19(13-16)26-3/h5-11,13,17,24H,4,12,14H2,1-3H3,(H2,21,22,23). The van der Waals surface area contributed by atoms with Gasteiger partial charge in [-0.3, -0.25) is 4.99 Å². The molecule has 6 nitrogen and oxygen atoms in total. The molecule has 3 N–H and O–H groups in total. The molecule has 0 saturated heterocycles. The molecule has 0 aliphatic heterocycles. The Morgan fingerprint density at radius 2 is 1.81 bits per heavy atom. The molecule has 0 heterocycles. The maximum atomic E-state index is 10.2. The average molecular weight is 357 g/mol. The lowest BCUT2D eigenvalue weighted by Gasteiger charge is -2.15. The summed E-state index contributed by atoms with van der Waals surface area (Å²) in [6, 6.07) is 15.4. The third-order valence-corrected chi connectivity index (χ3v) is 3.76. The van der Waals surface area contributed by atoms with Crippen molar-refractivity contribution in [2.24, 2.45) is 4.99 Å². The van der Waals surface area contributed by atoms with E-state index in [0.29, 0.717) is 37.0 Å². The van der Waals surface area contributed by atoms with Crippen molar-refractivity contribution >= 4 is 11.6 Å². The predicted molar refractivity (Wildman–Crippen MR) is 105 cm³/mol. The highest BCUT2D eigenvalue weighted by Crippen LogP contribution is 2.29. The Bertz CT molecular complexity index is 705. The number of aliphatic hydroxyl groups is 1. The van der Waals surface area contributed by atoms with Crippen LogP contribution >= 0.6 is 0 Å². The fourth-order valence-electron chi connectivity index (χ4n) is 2.51. The quantitative estimate of drug-likeness (QED) is 0.500. The van der Waals surface area contributed by atoms with Gasteiger partial charge in [0.25, 0.3) is 0 Å². The summed E-state index contributed by atoms with van der Waals surface area (Å²) in [5.41, 5.74) is 1.91. The van der Waals surface area contributed by atoms with Crippen LogP contribution < -0.4 is 20.1 Å². The number of ether oxygens (including phenoxy) is 2. The molecule has 0 fully saturated rings. The topological polar surface area (TPSA) is 75.1 Å². The Hall–Kier alpha value is -2.73. The molecular formula is C20H27N3O3. The Morgan fingerprint density at radius 1 is 1.08 bits per heavy atom. The monoisotopic (exact) mass is 357 g/mol.